The Kier molecular flexibility index (Phi) is 8.08. The highest BCUT2D eigenvalue weighted by Crippen LogP contribution is 2.65. The monoisotopic (exact) mass is 802 g/mol. The minimum atomic E-state index is -0.393. The number of rotatable bonds is 6. The van der Waals surface area contributed by atoms with Crippen LogP contribution in [-0.2, 0) is 5.41 Å². The van der Waals surface area contributed by atoms with Crippen LogP contribution < -0.4 is 4.90 Å². The highest BCUT2D eigenvalue weighted by Gasteiger charge is 2.52. The summed E-state index contributed by atoms with van der Waals surface area (Å²) in [7, 11) is 0. The van der Waals surface area contributed by atoms with Gasteiger partial charge in [-0.15, -0.1) is 22.7 Å². The van der Waals surface area contributed by atoms with Crippen LogP contribution in [0.3, 0.4) is 0 Å². The van der Waals surface area contributed by atoms with Crippen molar-refractivity contribution in [2.24, 2.45) is 0 Å². The van der Waals surface area contributed by atoms with E-state index in [2.05, 4.69) is 198 Å². The maximum Gasteiger partial charge on any atom is 0.164 e. The second kappa shape index (κ2) is 13.9. The van der Waals surface area contributed by atoms with Crippen molar-refractivity contribution in [1.82, 2.24) is 15.0 Å². The fourth-order valence-electron chi connectivity index (χ4n) is 9.24. The van der Waals surface area contributed by atoms with Crippen LogP contribution in [0.2, 0.25) is 0 Å². The summed E-state index contributed by atoms with van der Waals surface area (Å²) < 4.78 is 0. The molecule has 2 aliphatic rings. The molecule has 4 nitrogen and oxygen atoms in total. The molecule has 4 heterocycles. The maximum absolute atomic E-state index is 5.20. The molecule has 0 radical (unpaired) electrons. The van der Waals surface area contributed by atoms with Crippen molar-refractivity contribution >= 4 is 39.7 Å². The summed E-state index contributed by atoms with van der Waals surface area (Å²) in [5.74, 6) is 1.87. The molecule has 0 amide bonds. The normalized spacial score (nSPS) is 13.1. The van der Waals surface area contributed by atoms with E-state index in [1.807, 2.05) is 34.8 Å². The van der Waals surface area contributed by atoms with Gasteiger partial charge in [-0.3, -0.25) is 0 Å². The van der Waals surface area contributed by atoms with Gasteiger partial charge in [0.15, 0.2) is 17.5 Å². The average molecular weight is 803 g/mol. The van der Waals surface area contributed by atoms with E-state index in [1.54, 1.807) is 0 Å². The van der Waals surface area contributed by atoms with Crippen LogP contribution in [0.25, 0.3) is 66.2 Å². The van der Waals surface area contributed by atoms with Crippen LogP contribution in [-0.4, -0.2) is 15.0 Å². The molecule has 0 atom stereocenters. The average Bonchev–Trinajstić information content (AvgIpc) is 4.07. The fraction of sp³-hybridized carbons (Fsp3) is 0.0185. The van der Waals surface area contributed by atoms with Crippen molar-refractivity contribution in [1.29, 1.82) is 0 Å². The third kappa shape index (κ3) is 5.38. The van der Waals surface area contributed by atoms with Gasteiger partial charge in [0.25, 0.3) is 0 Å². The van der Waals surface area contributed by atoms with Gasteiger partial charge in [-0.05, 0) is 91.7 Å². The first-order valence-corrected chi connectivity index (χ1v) is 21.8. The molecule has 12 rings (SSSR count). The number of anilines is 3. The molecule has 10 aromatic rings. The van der Waals surface area contributed by atoms with E-state index in [1.165, 1.54) is 54.5 Å². The lowest BCUT2D eigenvalue weighted by atomic mass is 9.65. The lowest BCUT2D eigenvalue weighted by Gasteiger charge is -2.44. The summed E-state index contributed by atoms with van der Waals surface area (Å²) in [5.41, 5.74) is 15.7. The smallest absolute Gasteiger partial charge is 0.164 e. The first kappa shape index (κ1) is 34.8. The molecule has 0 saturated carbocycles. The fourth-order valence-corrected chi connectivity index (χ4v) is 11.3. The third-order valence-electron chi connectivity index (χ3n) is 11.9. The van der Waals surface area contributed by atoms with Crippen LogP contribution >= 0.6 is 22.7 Å². The van der Waals surface area contributed by atoms with Gasteiger partial charge in [0.1, 0.15) is 0 Å². The summed E-state index contributed by atoms with van der Waals surface area (Å²) in [4.78, 5) is 20.7. The largest absolute Gasteiger partial charge is 0.310 e. The molecule has 282 valence electrons. The van der Waals surface area contributed by atoms with E-state index >= 15 is 0 Å². The molecule has 60 heavy (non-hydrogen) atoms. The molecule has 7 aromatic carbocycles. The standard InChI is InChI=1S/C54H34N4S2/c1-3-12-35(13-4-1)37-22-26-39(27-23-37)51-55-52(40-28-24-38(25-29-40)36-14-5-2-6-15-36)57-53(56-51)41-16-11-17-42(34-41)58-47-20-9-7-18-43(47)54(44-19-8-10-21-48(44)58)45-30-32-59-49(45)50-46(54)31-33-60-50/h1-34H. The molecule has 1 aliphatic carbocycles. The molecule has 1 aliphatic heterocycles. The van der Waals surface area contributed by atoms with E-state index in [0.29, 0.717) is 17.5 Å². The Morgan fingerprint density at radius 1 is 0.333 bits per heavy atom. The highest BCUT2D eigenvalue weighted by atomic mass is 32.1. The number of para-hydroxylation sites is 2. The molecule has 1 spiro atoms. The molecule has 0 unspecified atom stereocenters. The Morgan fingerprint density at radius 3 is 1.23 bits per heavy atom. The number of nitrogens with zero attached hydrogens (tertiary/aromatic N) is 4. The SMILES string of the molecule is c1ccc(-c2ccc(-c3nc(-c4ccc(-c5ccccc5)cc4)nc(-c4cccc(N5c6ccccc6C6(c7ccccc75)c5ccsc5-c5sccc56)c4)n3)cc2)cc1. The van der Waals surface area contributed by atoms with Crippen molar-refractivity contribution in [3.63, 3.8) is 0 Å². The number of hydrogen-bond donors (Lipinski definition) is 0. The number of hydrogen-bond acceptors (Lipinski definition) is 6. The summed E-state index contributed by atoms with van der Waals surface area (Å²) in [6.07, 6.45) is 0. The maximum atomic E-state index is 5.20. The summed E-state index contributed by atoms with van der Waals surface area (Å²) in [5, 5.41) is 4.51. The van der Waals surface area contributed by atoms with Crippen molar-refractivity contribution < 1.29 is 0 Å². The van der Waals surface area contributed by atoms with Gasteiger partial charge in [-0.2, -0.15) is 0 Å². The number of fused-ring (bicyclic) bond motifs is 9. The van der Waals surface area contributed by atoms with Gasteiger partial charge >= 0.3 is 0 Å². The van der Waals surface area contributed by atoms with E-state index < -0.39 is 5.41 Å². The van der Waals surface area contributed by atoms with Gasteiger partial charge in [0.05, 0.1) is 16.8 Å². The first-order chi connectivity index (χ1) is 29.7. The Morgan fingerprint density at radius 2 is 0.733 bits per heavy atom. The first-order valence-electron chi connectivity index (χ1n) is 20.1. The molecular formula is C54H34N4S2. The zero-order valence-electron chi connectivity index (χ0n) is 32.2. The van der Waals surface area contributed by atoms with Gasteiger partial charge in [-0.1, -0.05) is 158 Å². The van der Waals surface area contributed by atoms with Crippen molar-refractivity contribution in [3.8, 4) is 66.2 Å². The predicted molar refractivity (Wildman–Crippen MR) is 248 cm³/mol. The molecule has 6 heteroatoms. The Balaban J connectivity index is 1.000. The molecule has 0 saturated heterocycles. The van der Waals surface area contributed by atoms with Gasteiger partial charge in [-0.25, -0.2) is 15.0 Å². The van der Waals surface area contributed by atoms with Gasteiger partial charge < -0.3 is 4.90 Å². The van der Waals surface area contributed by atoms with E-state index in [0.717, 1.165) is 33.5 Å². The zero-order chi connectivity index (χ0) is 39.6. The predicted octanol–water partition coefficient (Wildman–Crippen LogP) is 14.5. The Hall–Kier alpha value is -7.25. The molecule has 0 N–H and O–H groups in total. The molecule has 0 fully saturated rings. The van der Waals surface area contributed by atoms with Crippen LogP contribution in [0.15, 0.2) is 205 Å². The Bertz CT molecular complexity index is 3010. The van der Waals surface area contributed by atoms with Crippen LogP contribution in [0.4, 0.5) is 17.1 Å². The molecule has 3 aromatic heterocycles. The summed E-state index contributed by atoms with van der Waals surface area (Å²) in [6, 6.07) is 69.1. The van der Waals surface area contributed by atoms with Gasteiger partial charge in [0, 0.05) is 32.1 Å². The quantitative estimate of drug-likeness (QED) is 0.168. The van der Waals surface area contributed by atoms with Crippen molar-refractivity contribution in [3.05, 3.63) is 227 Å². The number of benzene rings is 7. The summed E-state index contributed by atoms with van der Waals surface area (Å²) in [6.45, 7) is 0. The lowest BCUT2D eigenvalue weighted by molar-refractivity contribution is 0.756. The highest BCUT2D eigenvalue weighted by molar-refractivity contribution is 7.21. The van der Waals surface area contributed by atoms with E-state index in [9.17, 15) is 0 Å². The topological polar surface area (TPSA) is 41.9 Å². The minimum absolute atomic E-state index is 0.393. The second-order valence-corrected chi connectivity index (χ2v) is 17.0. The minimum Gasteiger partial charge on any atom is -0.310 e. The molecular weight excluding hydrogens is 769 g/mol. The van der Waals surface area contributed by atoms with Crippen LogP contribution in [0, 0.1) is 0 Å². The van der Waals surface area contributed by atoms with E-state index in [-0.39, 0.29) is 0 Å². The third-order valence-corrected chi connectivity index (χ3v) is 13.9. The lowest BCUT2D eigenvalue weighted by Crippen LogP contribution is -2.35. The van der Waals surface area contributed by atoms with Gasteiger partial charge in [0.2, 0.25) is 0 Å². The number of thiophene rings is 2. The second-order valence-electron chi connectivity index (χ2n) is 15.2. The van der Waals surface area contributed by atoms with Crippen molar-refractivity contribution in [2.75, 3.05) is 4.90 Å². The summed E-state index contributed by atoms with van der Waals surface area (Å²) >= 11 is 3.70. The number of aromatic nitrogens is 3. The Labute approximate surface area is 356 Å². The van der Waals surface area contributed by atoms with Crippen molar-refractivity contribution in [2.45, 2.75) is 5.41 Å². The van der Waals surface area contributed by atoms with E-state index in [4.69, 9.17) is 15.0 Å². The van der Waals surface area contributed by atoms with Crippen LogP contribution in [0.5, 0.6) is 0 Å². The molecule has 0 bridgehead atoms. The van der Waals surface area contributed by atoms with Crippen LogP contribution in [0.1, 0.15) is 22.3 Å². The zero-order valence-corrected chi connectivity index (χ0v) is 33.9.